The minimum Gasteiger partial charge on any atom is -0.378 e. The maximum absolute atomic E-state index is 13.3. The number of rotatable bonds is 5. The molecular weight excluding hydrogens is 398 g/mol. The first-order chi connectivity index (χ1) is 14.4. The van der Waals surface area contributed by atoms with Gasteiger partial charge in [-0.3, -0.25) is 9.48 Å². The van der Waals surface area contributed by atoms with Crippen LogP contribution in [0.5, 0.6) is 0 Å². The molecule has 0 bridgehead atoms. The Kier molecular flexibility index (Phi) is 5.55. The van der Waals surface area contributed by atoms with Gasteiger partial charge in [0, 0.05) is 63.2 Å². The van der Waals surface area contributed by atoms with Crippen LogP contribution in [0, 0.1) is 0 Å². The largest absolute Gasteiger partial charge is 0.378 e. The minimum absolute atomic E-state index is 0.0425. The Labute approximate surface area is 180 Å². The van der Waals surface area contributed by atoms with Gasteiger partial charge in [-0.1, -0.05) is 17.8 Å². The number of carbonyl (C=O) groups is 1. The van der Waals surface area contributed by atoms with Crippen molar-refractivity contribution in [1.29, 1.82) is 0 Å². The quantitative estimate of drug-likeness (QED) is 0.586. The molecule has 1 aliphatic heterocycles. The van der Waals surface area contributed by atoms with Gasteiger partial charge in [0.25, 0.3) is 5.91 Å². The Morgan fingerprint density at radius 2 is 2.07 bits per heavy atom. The molecule has 2 aromatic heterocycles. The van der Waals surface area contributed by atoms with Gasteiger partial charge in [0.05, 0.1) is 6.54 Å². The summed E-state index contributed by atoms with van der Waals surface area (Å²) in [6.07, 6.45) is 2.77. The second-order valence-corrected chi connectivity index (χ2v) is 8.35. The molecule has 0 unspecified atom stereocenters. The minimum atomic E-state index is 0.0425. The standard InChI is InChI=1S/C21H27N7OS/c1-6-28-19(22-23-21(28)30-5)18-16-13-27(11-10-17(16)26(4)24-18)20(29)14-8-7-9-15(12-14)25(2)3/h7-9,12H,6,10-11,13H2,1-5H3. The van der Waals surface area contributed by atoms with Crippen LogP contribution in [0.1, 0.15) is 28.5 Å². The number of fused-ring (bicyclic) bond motifs is 1. The zero-order chi connectivity index (χ0) is 21.4. The molecule has 9 heteroatoms. The summed E-state index contributed by atoms with van der Waals surface area (Å²) in [6.45, 7) is 4.04. The lowest BCUT2D eigenvalue weighted by Gasteiger charge is -2.28. The van der Waals surface area contributed by atoms with Crippen LogP contribution in [-0.4, -0.2) is 62.2 Å². The zero-order valence-electron chi connectivity index (χ0n) is 18.1. The van der Waals surface area contributed by atoms with Crippen LogP contribution in [-0.2, 0) is 26.6 Å². The van der Waals surface area contributed by atoms with Crippen molar-refractivity contribution >= 4 is 23.4 Å². The second kappa shape index (κ2) is 8.14. The smallest absolute Gasteiger partial charge is 0.254 e. The average Bonchev–Trinajstić information content (AvgIpc) is 3.33. The maximum atomic E-state index is 13.3. The number of aryl methyl sites for hydroxylation is 1. The van der Waals surface area contributed by atoms with E-state index in [-0.39, 0.29) is 5.91 Å². The maximum Gasteiger partial charge on any atom is 0.254 e. The van der Waals surface area contributed by atoms with Crippen molar-refractivity contribution < 1.29 is 4.79 Å². The summed E-state index contributed by atoms with van der Waals surface area (Å²) in [7, 11) is 5.92. The first-order valence-corrected chi connectivity index (χ1v) is 11.3. The highest BCUT2D eigenvalue weighted by Crippen LogP contribution is 2.31. The van der Waals surface area contributed by atoms with E-state index in [4.69, 9.17) is 5.10 Å². The molecule has 0 spiro atoms. The topological polar surface area (TPSA) is 72.1 Å². The van der Waals surface area contributed by atoms with Crippen molar-refractivity contribution in [2.75, 3.05) is 31.8 Å². The van der Waals surface area contributed by atoms with Crippen molar-refractivity contribution in [1.82, 2.24) is 29.4 Å². The van der Waals surface area contributed by atoms with Gasteiger partial charge in [-0.2, -0.15) is 5.10 Å². The van der Waals surface area contributed by atoms with Gasteiger partial charge in [-0.05, 0) is 31.4 Å². The van der Waals surface area contributed by atoms with Gasteiger partial charge in [0.15, 0.2) is 11.0 Å². The molecule has 3 aromatic rings. The molecule has 4 rings (SSSR count). The fourth-order valence-corrected chi connectivity index (χ4v) is 4.50. The molecule has 1 amide bonds. The van der Waals surface area contributed by atoms with Crippen LogP contribution in [0.25, 0.3) is 11.5 Å². The van der Waals surface area contributed by atoms with Crippen LogP contribution < -0.4 is 4.90 Å². The number of nitrogens with zero attached hydrogens (tertiary/aromatic N) is 7. The molecule has 1 aliphatic rings. The van der Waals surface area contributed by atoms with E-state index in [9.17, 15) is 4.79 Å². The molecule has 0 fully saturated rings. The van der Waals surface area contributed by atoms with E-state index < -0.39 is 0 Å². The monoisotopic (exact) mass is 425 g/mol. The Morgan fingerprint density at radius 3 is 2.77 bits per heavy atom. The lowest BCUT2D eigenvalue weighted by molar-refractivity contribution is 0.0733. The molecule has 158 valence electrons. The summed E-state index contributed by atoms with van der Waals surface area (Å²) >= 11 is 1.57. The fraction of sp³-hybridized carbons (Fsp3) is 0.429. The van der Waals surface area contributed by atoms with E-state index in [0.29, 0.717) is 18.7 Å². The van der Waals surface area contributed by atoms with Crippen molar-refractivity contribution in [2.24, 2.45) is 7.05 Å². The van der Waals surface area contributed by atoms with E-state index in [0.717, 1.165) is 46.6 Å². The Morgan fingerprint density at radius 1 is 1.27 bits per heavy atom. The highest BCUT2D eigenvalue weighted by molar-refractivity contribution is 7.98. The molecule has 0 radical (unpaired) electrons. The number of carbonyl (C=O) groups excluding carboxylic acids is 1. The first kappa shape index (κ1) is 20.5. The number of anilines is 1. The average molecular weight is 426 g/mol. The van der Waals surface area contributed by atoms with Gasteiger partial charge in [-0.15, -0.1) is 10.2 Å². The second-order valence-electron chi connectivity index (χ2n) is 7.57. The fourth-order valence-electron chi connectivity index (χ4n) is 3.94. The number of aromatic nitrogens is 5. The SMILES string of the molecule is CCn1c(SC)nnc1-c1nn(C)c2c1CN(C(=O)c1cccc(N(C)C)c1)CC2. The number of benzene rings is 1. The molecule has 0 saturated carbocycles. The third-order valence-electron chi connectivity index (χ3n) is 5.57. The van der Waals surface area contributed by atoms with Gasteiger partial charge in [0.2, 0.25) is 0 Å². The van der Waals surface area contributed by atoms with Crippen molar-refractivity contribution in [3.05, 3.63) is 41.1 Å². The van der Waals surface area contributed by atoms with E-state index in [1.807, 2.05) is 66.1 Å². The van der Waals surface area contributed by atoms with E-state index >= 15 is 0 Å². The third-order valence-corrected chi connectivity index (χ3v) is 6.23. The molecule has 3 heterocycles. The van der Waals surface area contributed by atoms with Crippen molar-refractivity contribution in [3.8, 4) is 11.5 Å². The van der Waals surface area contributed by atoms with E-state index in [1.54, 1.807) is 11.8 Å². The third kappa shape index (κ3) is 3.47. The zero-order valence-corrected chi connectivity index (χ0v) is 18.9. The molecule has 0 aliphatic carbocycles. The van der Waals surface area contributed by atoms with Crippen LogP contribution in [0.2, 0.25) is 0 Å². The highest BCUT2D eigenvalue weighted by atomic mass is 32.2. The van der Waals surface area contributed by atoms with Gasteiger partial charge in [-0.25, -0.2) is 0 Å². The van der Waals surface area contributed by atoms with Gasteiger partial charge >= 0.3 is 0 Å². The molecule has 1 aromatic carbocycles. The van der Waals surface area contributed by atoms with E-state index in [2.05, 4.69) is 21.7 Å². The molecule has 8 nitrogen and oxygen atoms in total. The first-order valence-electron chi connectivity index (χ1n) is 10.0. The number of amides is 1. The van der Waals surface area contributed by atoms with Crippen LogP contribution in [0.4, 0.5) is 5.69 Å². The summed E-state index contributed by atoms with van der Waals surface area (Å²) < 4.78 is 4.00. The summed E-state index contributed by atoms with van der Waals surface area (Å²) in [5, 5.41) is 14.4. The lowest BCUT2D eigenvalue weighted by atomic mass is 10.0. The number of hydrogen-bond acceptors (Lipinski definition) is 6. The van der Waals surface area contributed by atoms with Gasteiger partial charge in [0.1, 0.15) is 5.69 Å². The molecule has 0 saturated heterocycles. The van der Waals surface area contributed by atoms with Crippen LogP contribution >= 0.6 is 11.8 Å². The summed E-state index contributed by atoms with van der Waals surface area (Å²) in [4.78, 5) is 17.2. The summed E-state index contributed by atoms with van der Waals surface area (Å²) in [5.41, 5.74) is 4.77. The Balaban J connectivity index is 1.68. The predicted octanol–water partition coefficient (Wildman–Crippen LogP) is 2.68. The van der Waals surface area contributed by atoms with Crippen LogP contribution in [0.3, 0.4) is 0 Å². The molecule has 0 atom stereocenters. The highest BCUT2D eigenvalue weighted by Gasteiger charge is 2.30. The molecule has 0 N–H and O–H groups in total. The number of hydrogen-bond donors (Lipinski definition) is 0. The molecular formula is C21H27N7OS. The Bertz CT molecular complexity index is 1090. The Hall–Kier alpha value is -2.81. The number of thioether (sulfide) groups is 1. The predicted molar refractivity (Wildman–Crippen MR) is 119 cm³/mol. The van der Waals surface area contributed by atoms with Crippen molar-refractivity contribution in [2.45, 2.75) is 31.6 Å². The lowest BCUT2D eigenvalue weighted by Crippen LogP contribution is -2.36. The van der Waals surface area contributed by atoms with Crippen LogP contribution in [0.15, 0.2) is 29.4 Å². The summed E-state index contributed by atoms with van der Waals surface area (Å²) in [5.74, 6) is 0.809. The normalized spacial score (nSPS) is 13.4. The summed E-state index contributed by atoms with van der Waals surface area (Å²) in [6, 6.07) is 7.76. The van der Waals surface area contributed by atoms with Gasteiger partial charge < -0.3 is 14.4 Å². The van der Waals surface area contributed by atoms with Crippen molar-refractivity contribution in [3.63, 3.8) is 0 Å². The molecule has 30 heavy (non-hydrogen) atoms. The van der Waals surface area contributed by atoms with E-state index in [1.165, 1.54) is 0 Å².